The van der Waals surface area contributed by atoms with Gasteiger partial charge in [0.1, 0.15) is 0 Å². The first-order valence-corrected chi connectivity index (χ1v) is 5.64. The molecule has 2 rings (SSSR count). The van der Waals surface area contributed by atoms with Gasteiger partial charge in [-0.3, -0.25) is 0 Å². The minimum atomic E-state index is -2.48. The Labute approximate surface area is 94.1 Å². The predicted molar refractivity (Wildman–Crippen MR) is 57.4 cm³/mol. The first-order valence-electron chi connectivity index (χ1n) is 5.64. The normalized spacial score (nSPS) is 25.8. The van der Waals surface area contributed by atoms with E-state index >= 15 is 0 Å². The molecule has 0 radical (unpaired) electrons. The quantitative estimate of drug-likeness (QED) is 0.789. The Hall–Kier alpha value is -0.970. The molecule has 1 aliphatic heterocycles. The highest BCUT2D eigenvalue weighted by molar-refractivity contribution is 4.84. The van der Waals surface area contributed by atoms with Gasteiger partial charge in [-0.25, -0.2) is 13.8 Å². The minimum absolute atomic E-state index is 0.0158. The maximum atomic E-state index is 13.2. The fourth-order valence-corrected chi connectivity index (χ4v) is 2.04. The van der Waals surface area contributed by atoms with E-state index in [0.29, 0.717) is 13.1 Å². The van der Waals surface area contributed by atoms with Gasteiger partial charge < -0.3 is 9.47 Å². The lowest BCUT2D eigenvalue weighted by atomic mass is 9.95. The monoisotopic (exact) mass is 229 g/mol. The van der Waals surface area contributed by atoms with Gasteiger partial charge in [-0.1, -0.05) is 6.92 Å². The molecule has 0 bridgehead atoms. The highest BCUT2D eigenvalue weighted by Gasteiger charge is 2.40. The number of hydrogen-bond donors (Lipinski definition) is 0. The van der Waals surface area contributed by atoms with Crippen LogP contribution in [0.4, 0.5) is 8.78 Å². The van der Waals surface area contributed by atoms with E-state index in [1.807, 2.05) is 10.8 Å². The molecule has 1 aromatic heterocycles. The van der Waals surface area contributed by atoms with E-state index < -0.39 is 11.8 Å². The number of rotatable bonds is 3. The molecule has 0 saturated carbocycles. The summed E-state index contributed by atoms with van der Waals surface area (Å²) in [4.78, 5) is 6.05. The van der Waals surface area contributed by atoms with Crippen molar-refractivity contribution < 1.29 is 8.78 Å². The van der Waals surface area contributed by atoms with Gasteiger partial charge in [-0.15, -0.1) is 0 Å². The second-order valence-corrected chi connectivity index (χ2v) is 4.51. The summed E-state index contributed by atoms with van der Waals surface area (Å²) in [5, 5.41) is 0. The lowest BCUT2D eigenvalue weighted by Gasteiger charge is -2.36. The van der Waals surface area contributed by atoms with Crippen LogP contribution in [0.2, 0.25) is 0 Å². The van der Waals surface area contributed by atoms with E-state index in [9.17, 15) is 8.78 Å². The Morgan fingerprint density at radius 1 is 1.44 bits per heavy atom. The number of piperidine rings is 1. The summed E-state index contributed by atoms with van der Waals surface area (Å²) < 4.78 is 28.5. The number of imidazole rings is 1. The smallest absolute Gasteiger partial charge is 0.253 e. The predicted octanol–water partition coefficient (Wildman–Crippen LogP) is 1.86. The third-order valence-electron chi connectivity index (χ3n) is 3.25. The van der Waals surface area contributed by atoms with Crippen molar-refractivity contribution in [3.8, 4) is 0 Å². The SMILES string of the molecule is C[C@@H]1CN(CCn2ccnc2)CCC1(F)F. The zero-order valence-corrected chi connectivity index (χ0v) is 9.44. The number of nitrogens with zero attached hydrogens (tertiary/aromatic N) is 3. The molecule has 0 unspecified atom stereocenters. The Balaban J connectivity index is 1.80. The summed E-state index contributed by atoms with van der Waals surface area (Å²) in [6.07, 6.45) is 5.36. The highest BCUT2D eigenvalue weighted by atomic mass is 19.3. The molecule has 90 valence electrons. The minimum Gasteiger partial charge on any atom is -0.336 e. The van der Waals surface area contributed by atoms with Gasteiger partial charge in [0.05, 0.1) is 6.33 Å². The van der Waals surface area contributed by atoms with Crippen LogP contribution >= 0.6 is 0 Å². The number of likely N-dealkylation sites (tertiary alicyclic amines) is 1. The van der Waals surface area contributed by atoms with Crippen molar-refractivity contribution in [1.82, 2.24) is 14.5 Å². The van der Waals surface area contributed by atoms with Gasteiger partial charge in [0.2, 0.25) is 0 Å². The average Bonchev–Trinajstić information content (AvgIpc) is 2.73. The molecular weight excluding hydrogens is 212 g/mol. The number of alkyl halides is 2. The average molecular weight is 229 g/mol. The summed E-state index contributed by atoms with van der Waals surface area (Å²) in [5.74, 6) is -3.02. The van der Waals surface area contributed by atoms with Gasteiger partial charge in [0.15, 0.2) is 0 Å². The van der Waals surface area contributed by atoms with Crippen molar-refractivity contribution in [2.75, 3.05) is 19.6 Å². The van der Waals surface area contributed by atoms with Crippen molar-refractivity contribution in [3.63, 3.8) is 0 Å². The van der Waals surface area contributed by atoms with E-state index in [-0.39, 0.29) is 6.42 Å². The lowest BCUT2D eigenvalue weighted by Crippen LogP contribution is -2.46. The molecule has 1 saturated heterocycles. The van der Waals surface area contributed by atoms with Crippen LogP contribution in [0.1, 0.15) is 13.3 Å². The fraction of sp³-hybridized carbons (Fsp3) is 0.727. The molecule has 1 fully saturated rings. The Kier molecular flexibility index (Phi) is 3.23. The molecule has 0 amide bonds. The largest absolute Gasteiger partial charge is 0.336 e. The molecule has 0 aromatic carbocycles. The Morgan fingerprint density at radius 3 is 2.88 bits per heavy atom. The number of aromatic nitrogens is 2. The molecule has 0 N–H and O–H groups in total. The molecule has 2 heterocycles. The Morgan fingerprint density at radius 2 is 2.25 bits per heavy atom. The van der Waals surface area contributed by atoms with Crippen LogP contribution in [0, 0.1) is 5.92 Å². The fourth-order valence-electron chi connectivity index (χ4n) is 2.04. The molecule has 1 aromatic rings. The number of halogens is 2. The van der Waals surface area contributed by atoms with Crippen LogP contribution < -0.4 is 0 Å². The second kappa shape index (κ2) is 4.49. The summed E-state index contributed by atoms with van der Waals surface area (Å²) >= 11 is 0. The van der Waals surface area contributed by atoms with E-state index in [1.165, 1.54) is 0 Å². The lowest BCUT2D eigenvalue weighted by molar-refractivity contribution is -0.0990. The standard InChI is InChI=1S/C11H17F2N3/c1-10-8-15(4-2-11(10,12)13)6-7-16-5-3-14-9-16/h3,5,9-10H,2,4,6-8H2,1H3/t10-/m1/s1. The van der Waals surface area contributed by atoms with Crippen LogP contribution in [-0.4, -0.2) is 40.0 Å². The molecule has 16 heavy (non-hydrogen) atoms. The van der Waals surface area contributed by atoms with Gasteiger partial charge in [-0.2, -0.15) is 0 Å². The van der Waals surface area contributed by atoms with Gasteiger partial charge in [0, 0.05) is 50.9 Å². The zero-order valence-electron chi connectivity index (χ0n) is 9.44. The van der Waals surface area contributed by atoms with Gasteiger partial charge in [0.25, 0.3) is 5.92 Å². The van der Waals surface area contributed by atoms with Crippen molar-refractivity contribution in [3.05, 3.63) is 18.7 Å². The molecule has 5 heteroatoms. The van der Waals surface area contributed by atoms with Gasteiger partial charge in [-0.05, 0) is 0 Å². The summed E-state index contributed by atoms with van der Waals surface area (Å²) in [5.41, 5.74) is 0. The van der Waals surface area contributed by atoms with Crippen molar-refractivity contribution in [2.24, 2.45) is 5.92 Å². The zero-order chi connectivity index (χ0) is 11.6. The Bertz CT molecular complexity index is 324. The van der Waals surface area contributed by atoms with Crippen molar-refractivity contribution in [2.45, 2.75) is 25.8 Å². The van der Waals surface area contributed by atoms with E-state index in [1.54, 1.807) is 19.4 Å². The first kappa shape index (κ1) is 11.5. The van der Waals surface area contributed by atoms with Crippen LogP contribution in [-0.2, 0) is 6.54 Å². The molecule has 0 spiro atoms. The molecular formula is C11H17F2N3. The third-order valence-corrected chi connectivity index (χ3v) is 3.25. The molecule has 3 nitrogen and oxygen atoms in total. The van der Waals surface area contributed by atoms with E-state index in [2.05, 4.69) is 9.88 Å². The maximum absolute atomic E-state index is 13.2. The van der Waals surface area contributed by atoms with Crippen LogP contribution in [0.15, 0.2) is 18.7 Å². The first-order chi connectivity index (χ1) is 7.58. The van der Waals surface area contributed by atoms with E-state index in [0.717, 1.165) is 13.1 Å². The van der Waals surface area contributed by atoms with Crippen LogP contribution in [0.3, 0.4) is 0 Å². The number of hydrogen-bond acceptors (Lipinski definition) is 2. The maximum Gasteiger partial charge on any atom is 0.253 e. The highest BCUT2D eigenvalue weighted by Crippen LogP contribution is 2.32. The van der Waals surface area contributed by atoms with Gasteiger partial charge >= 0.3 is 0 Å². The summed E-state index contributed by atoms with van der Waals surface area (Å²) in [7, 11) is 0. The summed E-state index contributed by atoms with van der Waals surface area (Å²) in [6, 6.07) is 0. The molecule has 1 atom stereocenters. The third kappa shape index (κ3) is 2.58. The van der Waals surface area contributed by atoms with Crippen molar-refractivity contribution >= 4 is 0 Å². The van der Waals surface area contributed by atoms with Crippen LogP contribution in [0.5, 0.6) is 0 Å². The second-order valence-electron chi connectivity index (χ2n) is 4.51. The summed E-state index contributed by atoms with van der Waals surface area (Å²) in [6.45, 7) is 4.24. The topological polar surface area (TPSA) is 21.1 Å². The molecule has 1 aliphatic rings. The van der Waals surface area contributed by atoms with Crippen molar-refractivity contribution in [1.29, 1.82) is 0 Å². The molecule has 0 aliphatic carbocycles. The van der Waals surface area contributed by atoms with Crippen LogP contribution in [0.25, 0.3) is 0 Å². The van der Waals surface area contributed by atoms with E-state index in [4.69, 9.17) is 0 Å².